The van der Waals surface area contributed by atoms with Gasteiger partial charge >= 0.3 is 6.36 Å². The molecule has 1 amide bonds. The molecule has 0 aliphatic rings. The number of benzene rings is 1. The lowest BCUT2D eigenvalue weighted by molar-refractivity contribution is -0.274. The number of ether oxygens (including phenoxy) is 1. The van der Waals surface area contributed by atoms with E-state index in [1.807, 2.05) is 0 Å². The van der Waals surface area contributed by atoms with Crippen molar-refractivity contribution in [2.75, 3.05) is 5.73 Å². The van der Waals surface area contributed by atoms with Crippen molar-refractivity contribution in [1.82, 2.24) is 0 Å². The van der Waals surface area contributed by atoms with Crippen LogP contribution in [0.5, 0.6) is 5.75 Å². The second kappa shape index (κ2) is 5.33. The third kappa shape index (κ3) is 4.00. The minimum absolute atomic E-state index is 0.195. The van der Waals surface area contributed by atoms with E-state index in [9.17, 15) is 28.2 Å². The molecule has 1 rings (SSSR count). The van der Waals surface area contributed by atoms with Crippen molar-refractivity contribution in [3.63, 3.8) is 0 Å². The fourth-order valence-corrected chi connectivity index (χ4v) is 1.29. The maximum Gasteiger partial charge on any atom is 0.573 e. The van der Waals surface area contributed by atoms with Gasteiger partial charge in [0.2, 0.25) is 5.91 Å². The van der Waals surface area contributed by atoms with E-state index < -0.39 is 30.2 Å². The van der Waals surface area contributed by atoms with Gasteiger partial charge in [-0.25, -0.2) is 0 Å². The number of hydrogen-bond acceptors (Lipinski definition) is 5. The molecule has 6 N–H and O–H groups in total. The second-order valence-electron chi connectivity index (χ2n) is 3.64. The van der Waals surface area contributed by atoms with Crippen LogP contribution in [-0.4, -0.2) is 28.6 Å². The Morgan fingerprint density at radius 1 is 1.32 bits per heavy atom. The minimum Gasteiger partial charge on any atom is -0.404 e. The third-order valence-corrected chi connectivity index (χ3v) is 2.20. The number of aliphatic hydroxyl groups excluding tert-OH is 2. The highest BCUT2D eigenvalue weighted by Crippen LogP contribution is 2.31. The van der Waals surface area contributed by atoms with Gasteiger partial charge in [-0.3, -0.25) is 4.79 Å². The monoisotopic (exact) mass is 280 g/mol. The molecule has 9 heteroatoms. The highest BCUT2D eigenvalue weighted by atomic mass is 19.4. The van der Waals surface area contributed by atoms with Crippen LogP contribution in [0.4, 0.5) is 18.9 Å². The average molecular weight is 280 g/mol. The summed E-state index contributed by atoms with van der Waals surface area (Å²) in [6.45, 7) is 0. The number of primary amides is 1. The van der Waals surface area contributed by atoms with Gasteiger partial charge in [0.05, 0.1) is 5.69 Å². The zero-order chi connectivity index (χ0) is 14.8. The Labute approximate surface area is 105 Å². The largest absolute Gasteiger partial charge is 0.573 e. The van der Waals surface area contributed by atoms with Crippen LogP contribution in [0.2, 0.25) is 0 Å². The first-order valence-corrected chi connectivity index (χ1v) is 4.92. The van der Waals surface area contributed by atoms with Crippen molar-refractivity contribution < 1.29 is 32.9 Å². The smallest absolute Gasteiger partial charge is 0.404 e. The first kappa shape index (κ1) is 15.1. The molecule has 0 bridgehead atoms. The Balaban J connectivity index is 3.05. The molecule has 0 heterocycles. The van der Waals surface area contributed by atoms with Crippen LogP contribution in [0.1, 0.15) is 11.7 Å². The Morgan fingerprint density at radius 3 is 2.37 bits per heavy atom. The Hall–Kier alpha value is -2.00. The maximum atomic E-state index is 12.1. The molecule has 0 aliphatic carbocycles. The van der Waals surface area contributed by atoms with Crippen LogP contribution in [0, 0.1) is 0 Å². The molecule has 0 fully saturated rings. The number of aliphatic hydroxyl groups is 2. The molecular formula is C10H11F3N2O4. The van der Waals surface area contributed by atoms with Gasteiger partial charge in [0, 0.05) is 0 Å². The Morgan fingerprint density at radius 2 is 1.89 bits per heavy atom. The van der Waals surface area contributed by atoms with Gasteiger partial charge in [0.1, 0.15) is 6.10 Å². The summed E-state index contributed by atoms with van der Waals surface area (Å²) in [6, 6.07) is 2.93. The highest BCUT2D eigenvalue weighted by Gasteiger charge is 2.32. The minimum atomic E-state index is -4.96. The maximum absolute atomic E-state index is 12.1. The van der Waals surface area contributed by atoms with Crippen LogP contribution in [0.3, 0.4) is 0 Å². The number of hydrogen-bond donors (Lipinski definition) is 4. The first-order valence-electron chi connectivity index (χ1n) is 4.92. The first-order chi connectivity index (χ1) is 8.61. The van der Waals surface area contributed by atoms with E-state index in [1.54, 1.807) is 0 Å². The predicted octanol–water partition coefficient (Wildman–Crippen LogP) is 0.0470. The summed E-state index contributed by atoms with van der Waals surface area (Å²) in [7, 11) is 0. The molecule has 0 saturated carbocycles. The zero-order valence-electron chi connectivity index (χ0n) is 9.39. The SMILES string of the molecule is NC(=O)C(O)C(O)c1ccc(N)c(OC(F)(F)F)c1. The highest BCUT2D eigenvalue weighted by molar-refractivity contribution is 5.79. The molecule has 0 saturated heterocycles. The lowest BCUT2D eigenvalue weighted by Crippen LogP contribution is -2.33. The molecule has 0 aromatic heterocycles. The number of carbonyl (C=O) groups is 1. The summed E-state index contributed by atoms with van der Waals surface area (Å²) in [6.07, 6.45) is -8.70. The Kier molecular flexibility index (Phi) is 4.22. The van der Waals surface area contributed by atoms with Gasteiger partial charge in [-0.2, -0.15) is 0 Å². The van der Waals surface area contributed by atoms with Crippen molar-refractivity contribution in [1.29, 1.82) is 0 Å². The third-order valence-electron chi connectivity index (χ3n) is 2.20. The lowest BCUT2D eigenvalue weighted by atomic mass is 10.0. The second-order valence-corrected chi connectivity index (χ2v) is 3.64. The molecular weight excluding hydrogens is 269 g/mol. The van der Waals surface area contributed by atoms with Crippen LogP contribution >= 0.6 is 0 Å². The number of halogens is 3. The van der Waals surface area contributed by atoms with Gasteiger partial charge in [0.25, 0.3) is 0 Å². The predicted molar refractivity (Wildman–Crippen MR) is 57.7 cm³/mol. The van der Waals surface area contributed by atoms with E-state index in [0.29, 0.717) is 0 Å². The van der Waals surface area contributed by atoms with Gasteiger partial charge in [-0.15, -0.1) is 13.2 Å². The van der Waals surface area contributed by atoms with Crippen molar-refractivity contribution in [3.8, 4) is 5.75 Å². The molecule has 0 spiro atoms. The molecule has 1 aromatic rings. The summed E-state index contributed by atoms with van der Waals surface area (Å²) < 4.78 is 39.9. The number of alkyl halides is 3. The van der Waals surface area contributed by atoms with Crippen molar-refractivity contribution >= 4 is 11.6 Å². The van der Waals surface area contributed by atoms with E-state index in [1.165, 1.54) is 0 Å². The van der Waals surface area contributed by atoms with E-state index in [0.717, 1.165) is 18.2 Å². The lowest BCUT2D eigenvalue weighted by Gasteiger charge is -2.17. The molecule has 106 valence electrons. The summed E-state index contributed by atoms with van der Waals surface area (Å²) >= 11 is 0. The number of rotatable bonds is 4. The number of nitrogen functional groups attached to an aromatic ring is 1. The van der Waals surface area contributed by atoms with Crippen molar-refractivity contribution in [2.45, 2.75) is 18.6 Å². The molecule has 2 atom stereocenters. The van der Waals surface area contributed by atoms with Crippen LogP contribution in [-0.2, 0) is 4.79 Å². The summed E-state index contributed by atoms with van der Waals surface area (Å²) in [4.78, 5) is 10.7. The molecule has 6 nitrogen and oxygen atoms in total. The number of anilines is 1. The van der Waals surface area contributed by atoms with Crippen molar-refractivity contribution in [2.24, 2.45) is 5.73 Å². The van der Waals surface area contributed by atoms with Gasteiger partial charge in [-0.1, -0.05) is 6.07 Å². The van der Waals surface area contributed by atoms with E-state index in [-0.39, 0.29) is 11.3 Å². The van der Waals surface area contributed by atoms with Crippen LogP contribution in [0.25, 0.3) is 0 Å². The van der Waals surface area contributed by atoms with Crippen LogP contribution < -0.4 is 16.2 Å². The normalized spacial score (nSPS) is 14.8. The fourth-order valence-electron chi connectivity index (χ4n) is 1.29. The molecule has 0 radical (unpaired) electrons. The van der Waals surface area contributed by atoms with Gasteiger partial charge in [0.15, 0.2) is 11.9 Å². The molecule has 2 unspecified atom stereocenters. The molecule has 19 heavy (non-hydrogen) atoms. The number of nitrogens with two attached hydrogens (primary N) is 2. The topological polar surface area (TPSA) is 119 Å². The number of carbonyl (C=O) groups excluding carboxylic acids is 1. The quantitative estimate of drug-likeness (QED) is 0.581. The van der Waals surface area contributed by atoms with Gasteiger partial charge in [-0.05, 0) is 17.7 Å². The van der Waals surface area contributed by atoms with E-state index in [2.05, 4.69) is 4.74 Å². The summed E-state index contributed by atoms with van der Waals surface area (Å²) in [5.74, 6) is -1.97. The number of amides is 1. The molecule has 0 aliphatic heterocycles. The average Bonchev–Trinajstić information content (AvgIpc) is 2.28. The fraction of sp³-hybridized carbons (Fsp3) is 0.300. The Bertz CT molecular complexity index is 478. The standard InChI is InChI=1S/C10H11F3N2O4/c11-10(12,13)19-6-3-4(1-2-5(6)14)7(16)8(17)9(15)18/h1-3,7-8,16-17H,14H2,(H2,15,18). The van der Waals surface area contributed by atoms with E-state index in [4.69, 9.17) is 11.5 Å². The summed E-state index contributed by atoms with van der Waals surface area (Å²) in [5.41, 5.74) is 9.52. The van der Waals surface area contributed by atoms with Crippen molar-refractivity contribution in [3.05, 3.63) is 23.8 Å². The molecule has 1 aromatic carbocycles. The van der Waals surface area contributed by atoms with Crippen LogP contribution in [0.15, 0.2) is 18.2 Å². The van der Waals surface area contributed by atoms with Gasteiger partial charge < -0.3 is 26.4 Å². The zero-order valence-corrected chi connectivity index (χ0v) is 9.39. The van der Waals surface area contributed by atoms with E-state index >= 15 is 0 Å². The summed E-state index contributed by atoms with van der Waals surface area (Å²) in [5, 5.41) is 18.8.